The second kappa shape index (κ2) is 17.7. The van der Waals surface area contributed by atoms with Crippen molar-refractivity contribution in [2.75, 3.05) is 0 Å². The summed E-state index contributed by atoms with van der Waals surface area (Å²) < 4.78 is 21.9. The number of rotatable bonds is 18. The normalized spacial score (nSPS) is 22.2. The van der Waals surface area contributed by atoms with E-state index in [0.29, 0.717) is 18.3 Å². The number of hydrogen-bond donors (Lipinski definition) is 1. The maximum absolute atomic E-state index is 11.1. The SMILES string of the molecule is CC(C)(C)[Si](C)(C)O[C@@H](CCc1ccccc1)CC[C@@H]1[C@@H](C/C=C/CCCC(=O)O)[C@@H](O[Si](C)(C)C(C)(C)C)C[C@H]1O[Si](C)(C)C(C)(C)C. The molecule has 0 amide bonds. The zero-order valence-corrected chi connectivity index (χ0v) is 37.4. The number of allylic oxidation sites excluding steroid dienone is 2. The molecule has 1 N–H and O–H groups in total. The number of benzene rings is 1. The van der Waals surface area contributed by atoms with Gasteiger partial charge in [0.15, 0.2) is 25.0 Å². The van der Waals surface area contributed by atoms with E-state index in [0.717, 1.165) is 44.9 Å². The Morgan fingerprint density at radius 1 is 0.776 bits per heavy atom. The van der Waals surface area contributed by atoms with Crippen LogP contribution in [0.1, 0.15) is 119 Å². The molecule has 1 fully saturated rings. The van der Waals surface area contributed by atoms with Crippen molar-refractivity contribution in [2.45, 2.75) is 193 Å². The molecule has 5 atom stereocenters. The monoisotopic (exact) mass is 733 g/mol. The van der Waals surface area contributed by atoms with Gasteiger partial charge in [0.05, 0.1) is 12.2 Å². The second-order valence-corrected chi connectivity index (χ2v) is 33.8. The van der Waals surface area contributed by atoms with Crippen molar-refractivity contribution in [1.82, 2.24) is 0 Å². The topological polar surface area (TPSA) is 65.0 Å². The first-order valence-electron chi connectivity index (χ1n) is 19.2. The summed E-state index contributed by atoms with van der Waals surface area (Å²) in [5, 5.41) is 9.53. The van der Waals surface area contributed by atoms with Crippen molar-refractivity contribution < 1.29 is 23.2 Å². The lowest BCUT2D eigenvalue weighted by atomic mass is 9.85. The van der Waals surface area contributed by atoms with Gasteiger partial charge in [-0.05, 0) is 123 Å². The minimum Gasteiger partial charge on any atom is -0.481 e. The summed E-state index contributed by atoms with van der Waals surface area (Å²) in [6.07, 6.45) is 12.7. The molecule has 2 rings (SSSR count). The van der Waals surface area contributed by atoms with Crippen LogP contribution >= 0.6 is 0 Å². The van der Waals surface area contributed by atoms with Crippen molar-refractivity contribution in [3.05, 3.63) is 48.0 Å². The molecule has 1 aromatic rings. The molecule has 282 valence electrons. The third-order valence-corrected chi connectivity index (χ3v) is 26.0. The minimum absolute atomic E-state index is 0.123. The van der Waals surface area contributed by atoms with Gasteiger partial charge in [0.1, 0.15) is 0 Å². The van der Waals surface area contributed by atoms with E-state index in [2.05, 4.69) is 144 Å². The molecule has 0 bridgehead atoms. The Bertz CT molecular complexity index is 1170. The number of carbonyl (C=O) groups is 1. The Labute approximate surface area is 305 Å². The molecule has 0 aliphatic heterocycles. The number of carboxylic acid groups (broad SMARTS) is 1. The van der Waals surface area contributed by atoms with Crippen LogP contribution in [0, 0.1) is 11.8 Å². The predicted molar refractivity (Wildman–Crippen MR) is 217 cm³/mol. The summed E-state index contributed by atoms with van der Waals surface area (Å²) >= 11 is 0. The highest BCUT2D eigenvalue weighted by Crippen LogP contribution is 2.49. The van der Waals surface area contributed by atoms with Crippen molar-refractivity contribution in [3.63, 3.8) is 0 Å². The van der Waals surface area contributed by atoms with Gasteiger partial charge >= 0.3 is 5.97 Å². The van der Waals surface area contributed by atoms with Gasteiger partial charge in [-0.2, -0.15) is 0 Å². The molecular formula is C41H76O5Si3. The van der Waals surface area contributed by atoms with Crippen molar-refractivity contribution in [2.24, 2.45) is 11.8 Å². The Hall–Kier alpha value is -1.04. The zero-order chi connectivity index (χ0) is 37.5. The average molecular weight is 733 g/mol. The Balaban J connectivity index is 2.49. The first-order chi connectivity index (χ1) is 22.3. The fraction of sp³-hybridized carbons (Fsp3) is 0.780. The van der Waals surface area contributed by atoms with Crippen molar-refractivity contribution in [3.8, 4) is 0 Å². The standard InChI is InChI=1S/C41H76O5Si3/c1-39(2,3)47(10,11)44-33(28-27-32-23-19-18-20-24-32)29-30-35-34(25-21-16-17-22-26-38(42)43)36(45-48(12,13)40(4,5)6)31-37(35)46-49(14,15)41(7,8)9/h16,18-21,23-24,33-37H,17,22,25-31H2,1-15H3,(H,42,43)/b21-16+/t33-,34+,35+,36-,37+/m0/s1. The van der Waals surface area contributed by atoms with Crippen LogP contribution in [0.5, 0.6) is 0 Å². The molecule has 1 aliphatic carbocycles. The van der Waals surface area contributed by atoms with Gasteiger partial charge in [0.2, 0.25) is 0 Å². The van der Waals surface area contributed by atoms with Crippen LogP contribution in [0.2, 0.25) is 54.4 Å². The molecular weight excluding hydrogens is 657 g/mol. The molecule has 0 unspecified atom stereocenters. The molecule has 0 heterocycles. The highest BCUT2D eigenvalue weighted by Gasteiger charge is 2.51. The zero-order valence-electron chi connectivity index (χ0n) is 34.4. The van der Waals surface area contributed by atoms with Crippen LogP contribution in [0.15, 0.2) is 42.5 Å². The van der Waals surface area contributed by atoms with Crippen LogP contribution in [-0.4, -0.2) is 54.3 Å². The van der Waals surface area contributed by atoms with Gasteiger partial charge in [-0.25, -0.2) is 0 Å². The number of hydrogen-bond acceptors (Lipinski definition) is 4. The first-order valence-corrected chi connectivity index (χ1v) is 27.9. The lowest BCUT2D eigenvalue weighted by molar-refractivity contribution is -0.137. The van der Waals surface area contributed by atoms with Gasteiger partial charge in [-0.1, -0.05) is 105 Å². The van der Waals surface area contributed by atoms with E-state index in [9.17, 15) is 4.79 Å². The summed E-state index contributed by atoms with van der Waals surface area (Å²) in [7, 11) is -6.07. The third-order valence-electron chi connectivity index (χ3n) is 12.5. The molecule has 8 heteroatoms. The van der Waals surface area contributed by atoms with Crippen LogP contribution in [0.25, 0.3) is 0 Å². The number of unbranched alkanes of at least 4 members (excludes halogenated alkanes) is 1. The summed E-state index contributed by atoms with van der Waals surface area (Å²) in [6, 6.07) is 10.9. The molecule has 49 heavy (non-hydrogen) atoms. The van der Waals surface area contributed by atoms with Gasteiger partial charge in [-0.15, -0.1) is 0 Å². The summed E-state index contributed by atoms with van der Waals surface area (Å²) in [5.41, 5.74) is 1.38. The van der Waals surface area contributed by atoms with Gasteiger partial charge in [0, 0.05) is 12.5 Å². The summed E-state index contributed by atoms with van der Waals surface area (Å²) in [6.45, 7) is 35.4. The van der Waals surface area contributed by atoms with E-state index < -0.39 is 30.9 Å². The van der Waals surface area contributed by atoms with Crippen LogP contribution in [0.3, 0.4) is 0 Å². The van der Waals surface area contributed by atoms with E-state index in [1.165, 1.54) is 5.56 Å². The minimum atomic E-state index is -2.05. The molecule has 0 radical (unpaired) electrons. The lowest BCUT2D eigenvalue weighted by Crippen LogP contribution is -2.45. The first kappa shape index (κ1) is 44.1. The molecule has 1 saturated carbocycles. The Kier molecular flexibility index (Phi) is 15.9. The van der Waals surface area contributed by atoms with Crippen LogP contribution in [0.4, 0.5) is 0 Å². The van der Waals surface area contributed by atoms with Gasteiger partial charge < -0.3 is 18.4 Å². The largest absolute Gasteiger partial charge is 0.481 e. The third kappa shape index (κ3) is 13.5. The summed E-state index contributed by atoms with van der Waals surface area (Å²) in [5.74, 6) is -0.00323. The highest BCUT2D eigenvalue weighted by molar-refractivity contribution is 6.75. The molecule has 1 aromatic carbocycles. The average Bonchev–Trinajstić information content (AvgIpc) is 3.24. The number of carboxylic acids is 1. The summed E-state index contributed by atoms with van der Waals surface area (Å²) in [4.78, 5) is 11.1. The fourth-order valence-corrected chi connectivity index (χ4v) is 10.4. The highest BCUT2D eigenvalue weighted by atomic mass is 28.4. The van der Waals surface area contributed by atoms with E-state index in [4.69, 9.17) is 18.4 Å². The lowest BCUT2D eigenvalue weighted by Gasteiger charge is -2.41. The van der Waals surface area contributed by atoms with E-state index in [-0.39, 0.29) is 39.8 Å². The Morgan fingerprint density at radius 2 is 1.29 bits per heavy atom. The smallest absolute Gasteiger partial charge is 0.303 e. The Morgan fingerprint density at radius 3 is 1.78 bits per heavy atom. The maximum atomic E-state index is 11.1. The number of aryl methyl sites for hydroxylation is 1. The second-order valence-electron chi connectivity index (χ2n) is 19.5. The van der Waals surface area contributed by atoms with Crippen LogP contribution in [-0.2, 0) is 24.5 Å². The maximum Gasteiger partial charge on any atom is 0.303 e. The van der Waals surface area contributed by atoms with E-state index in [1.807, 2.05) is 0 Å². The quantitative estimate of drug-likeness (QED) is 0.0925. The van der Waals surface area contributed by atoms with E-state index in [1.54, 1.807) is 0 Å². The molecule has 0 saturated heterocycles. The molecule has 5 nitrogen and oxygen atoms in total. The predicted octanol–water partition coefficient (Wildman–Crippen LogP) is 12.4. The molecule has 0 aromatic heterocycles. The van der Waals surface area contributed by atoms with Gasteiger partial charge in [0.25, 0.3) is 0 Å². The van der Waals surface area contributed by atoms with Crippen molar-refractivity contribution in [1.29, 1.82) is 0 Å². The van der Waals surface area contributed by atoms with Crippen molar-refractivity contribution >= 4 is 30.9 Å². The number of aliphatic carboxylic acids is 1. The molecule has 1 aliphatic rings. The van der Waals surface area contributed by atoms with E-state index >= 15 is 0 Å². The van der Waals surface area contributed by atoms with Gasteiger partial charge in [-0.3, -0.25) is 4.79 Å². The van der Waals surface area contributed by atoms with Crippen LogP contribution < -0.4 is 0 Å². The molecule has 0 spiro atoms. The fourth-order valence-electron chi connectivity index (χ4n) is 6.19.